The van der Waals surface area contributed by atoms with Crippen molar-refractivity contribution in [3.63, 3.8) is 0 Å². The van der Waals surface area contributed by atoms with Crippen molar-refractivity contribution in [3.8, 4) is 5.69 Å². The molecule has 4 nitrogen and oxygen atoms in total. The van der Waals surface area contributed by atoms with Crippen LogP contribution >= 0.6 is 11.6 Å². The molecule has 1 aromatic carbocycles. The molecule has 0 amide bonds. The first-order chi connectivity index (χ1) is 7.72. The third-order valence-electron chi connectivity index (χ3n) is 2.08. The number of nitrogens with zero attached hydrogens (tertiary/aromatic N) is 3. The second-order valence-corrected chi connectivity index (χ2v) is 3.66. The largest absolute Gasteiger partial charge is 0.314 e. The van der Waals surface area contributed by atoms with Crippen LogP contribution in [0.4, 0.5) is 4.39 Å². The van der Waals surface area contributed by atoms with Crippen molar-refractivity contribution in [1.82, 2.24) is 20.3 Å². The molecule has 0 saturated carbocycles. The van der Waals surface area contributed by atoms with E-state index in [1.807, 2.05) is 0 Å². The summed E-state index contributed by atoms with van der Waals surface area (Å²) < 4.78 is 15.0. The van der Waals surface area contributed by atoms with Crippen LogP contribution in [0.5, 0.6) is 0 Å². The summed E-state index contributed by atoms with van der Waals surface area (Å²) in [6, 6.07) is 4.76. The highest BCUT2D eigenvalue weighted by Gasteiger charge is 2.09. The van der Waals surface area contributed by atoms with Crippen LogP contribution in [0.25, 0.3) is 5.69 Å². The molecule has 0 spiro atoms. The summed E-state index contributed by atoms with van der Waals surface area (Å²) in [7, 11) is 1.80. The zero-order chi connectivity index (χ0) is 11.5. The Kier molecular flexibility index (Phi) is 3.17. The number of rotatable bonds is 3. The predicted molar refractivity (Wildman–Crippen MR) is 59.1 cm³/mol. The molecule has 0 aliphatic heterocycles. The number of nitrogens with one attached hydrogen (secondary N) is 1. The molecule has 1 aromatic heterocycles. The van der Waals surface area contributed by atoms with Crippen molar-refractivity contribution in [1.29, 1.82) is 0 Å². The number of halogens is 2. The summed E-state index contributed by atoms with van der Waals surface area (Å²) in [5.74, 6) is -0.495. The van der Waals surface area contributed by atoms with Crippen molar-refractivity contribution in [2.45, 2.75) is 6.54 Å². The van der Waals surface area contributed by atoms with Crippen molar-refractivity contribution in [2.75, 3.05) is 7.05 Å². The van der Waals surface area contributed by atoms with Gasteiger partial charge in [-0.1, -0.05) is 22.9 Å². The van der Waals surface area contributed by atoms with Crippen molar-refractivity contribution < 1.29 is 4.39 Å². The van der Waals surface area contributed by atoms with Gasteiger partial charge in [0.2, 0.25) is 0 Å². The van der Waals surface area contributed by atoms with Crippen LogP contribution in [-0.4, -0.2) is 22.0 Å². The molecule has 0 radical (unpaired) electrons. The van der Waals surface area contributed by atoms with Crippen LogP contribution in [0.1, 0.15) is 5.69 Å². The smallest absolute Gasteiger partial charge is 0.167 e. The quantitative estimate of drug-likeness (QED) is 0.889. The van der Waals surface area contributed by atoms with Gasteiger partial charge in [0.25, 0.3) is 0 Å². The molecule has 1 heterocycles. The lowest BCUT2D eigenvalue weighted by Crippen LogP contribution is -2.05. The van der Waals surface area contributed by atoms with Crippen molar-refractivity contribution in [3.05, 3.63) is 40.9 Å². The molecule has 0 atom stereocenters. The van der Waals surface area contributed by atoms with Crippen molar-refractivity contribution >= 4 is 11.6 Å². The molecular weight excluding hydrogens is 231 g/mol. The molecule has 16 heavy (non-hydrogen) atoms. The topological polar surface area (TPSA) is 42.7 Å². The van der Waals surface area contributed by atoms with Crippen LogP contribution in [0.2, 0.25) is 5.02 Å². The lowest BCUT2D eigenvalue weighted by molar-refractivity contribution is 0.607. The summed E-state index contributed by atoms with van der Waals surface area (Å²) in [4.78, 5) is 0. The maximum Gasteiger partial charge on any atom is 0.167 e. The highest BCUT2D eigenvalue weighted by atomic mass is 35.5. The molecule has 0 aliphatic rings. The van der Waals surface area contributed by atoms with E-state index in [0.29, 0.717) is 12.2 Å². The third-order valence-corrected chi connectivity index (χ3v) is 2.37. The van der Waals surface area contributed by atoms with E-state index in [4.69, 9.17) is 11.6 Å². The number of hydrogen-bond acceptors (Lipinski definition) is 3. The summed E-state index contributed by atoms with van der Waals surface area (Å²) in [5.41, 5.74) is 1.03. The second-order valence-electron chi connectivity index (χ2n) is 3.26. The van der Waals surface area contributed by atoms with E-state index in [9.17, 15) is 4.39 Å². The molecular formula is C10H10ClFN4. The third kappa shape index (κ3) is 2.05. The number of hydrogen-bond donors (Lipinski definition) is 1. The van der Waals surface area contributed by atoms with Gasteiger partial charge in [-0.15, -0.1) is 5.10 Å². The molecule has 2 rings (SSSR count). The van der Waals surface area contributed by atoms with Crippen molar-refractivity contribution in [2.24, 2.45) is 0 Å². The Morgan fingerprint density at radius 3 is 3.06 bits per heavy atom. The van der Waals surface area contributed by atoms with Crippen LogP contribution in [-0.2, 0) is 6.54 Å². The van der Waals surface area contributed by atoms with Crippen LogP contribution < -0.4 is 5.32 Å². The lowest BCUT2D eigenvalue weighted by Gasteiger charge is -2.02. The summed E-state index contributed by atoms with van der Waals surface area (Å²) >= 11 is 5.68. The minimum atomic E-state index is -0.495. The monoisotopic (exact) mass is 240 g/mol. The number of benzene rings is 1. The molecule has 0 bridgehead atoms. The minimum absolute atomic E-state index is 0.0724. The Morgan fingerprint density at radius 1 is 1.50 bits per heavy atom. The van der Waals surface area contributed by atoms with Gasteiger partial charge in [0, 0.05) is 6.54 Å². The first-order valence-corrected chi connectivity index (χ1v) is 5.10. The summed E-state index contributed by atoms with van der Waals surface area (Å²) in [6.07, 6.45) is 1.66. The Balaban J connectivity index is 2.39. The molecule has 0 aliphatic carbocycles. The minimum Gasteiger partial charge on any atom is -0.314 e. The number of aromatic nitrogens is 3. The fourth-order valence-corrected chi connectivity index (χ4v) is 1.52. The fraction of sp³-hybridized carbons (Fsp3) is 0.200. The van der Waals surface area contributed by atoms with E-state index in [1.165, 1.54) is 10.7 Å². The molecule has 84 valence electrons. The summed E-state index contributed by atoms with van der Waals surface area (Å²) in [5, 5.41) is 10.7. The zero-order valence-corrected chi connectivity index (χ0v) is 9.37. The van der Waals surface area contributed by atoms with Gasteiger partial charge in [-0.2, -0.15) is 0 Å². The second kappa shape index (κ2) is 4.59. The Bertz CT molecular complexity index is 497. The average molecular weight is 241 g/mol. The van der Waals surface area contributed by atoms with E-state index < -0.39 is 5.82 Å². The van der Waals surface area contributed by atoms with Gasteiger partial charge in [0.1, 0.15) is 5.69 Å². The van der Waals surface area contributed by atoms with Gasteiger partial charge in [-0.05, 0) is 19.2 Å². The first-order valence-electron chi connectivity index (χ1n) is 4.72. The van der Waals surface area contributed by atoms with Gasteiger partial charge in [-0.3, -0.25) is 0 Å². The maximum atomic E-state index is 13.6. The standard InChI is InChI=1S/C10H10ClFN4/c1-13-5-7-6-16(15-14-7)9-4-2-3-8(11)10(9)12/h2-4,6,13H,5H2,1H3. The highest BCUT2D eigenvalue weighted by molar-refractivity contribution is 6.30. The van der Waals surface area contributed by atoms with E-state index >= 15 is 0 Å². The Labute approximate surface area is 97.0 Å². The van der Waals surface area contributed by atoms with E-state index in [0.717, 1.165) is 5.69 Å². The molecule has 1 N–H and O–H groups in total. The fourth-order valence-electron chi connectivity index (χ4n) is 1.35. The van der Waals surface area contributed by atoms with Gasteiger partial charge in [0.15, 0.2) is 5.82 Å². The molecule has 0 saturated heterocycles. The highest BCUT2D eigenvalue weighted by Crippen LogP contribution is 2.20. The molecule has 0 unspecified atom stereocenters. The van der Waals surface area contributed by atoms with Gasteiger partial charge < -0.3 is 5.32 Å². The summed E-state index contributed by atoms with van der Waals surface area (Å²) in [6.45, 7) is 0.586. The molecule has 2 aromatic rings. The zero-order valence-electron chi connectivity index (χ0n) is 8.61. The molecule has 0 fully saturated rings. The van der Waals surface area contributed by atoms with Gasteiger partial charge >= 0.3 is 0 Å². The lowest BCUT2D eigenvalue weighted by atomic mass is 10.3. The van der Waals surface area contributed by atoms with Gasteiger partial charge in [0.05, 0.1) is 16.9 Å². The van der Waals surface area contributed by atoms with Crippen LogP contribution in [0.15, 0.2) is 24.4 Å². The Hall–Kier alpha value is -1.46. The van der Waals surface area contributed by atoms with Crippen LogP contribution in [0.3, 0.4) is 0 Å². The average Bonchev–Trinajstić information content (AvgIpc) is 2.71. The SMILES string of the molecule is CNCc1cn(-c2cccc(Cl)c2F)nn1. The van der Waals surface area contributed by atoms with Gasteiger partial charge in [-0.25, -0.2) is 9.07 Å². The predicted octanol–water partition coefficient (Wildman–Crippen LogP) is 1.78. The van der Waals surface area contributed by atoms with E-state index in [2.05, 4.69) is 15.6 Å². The first kappa shape index (κ1) is 11.0. The van der Waals surface area contributed by atoms with E-state index in [-0.39, 0.29) is 5.02 Å². The van der Waals surface area contributed by atoms with Crippen LogP contribution in [0, 0.1) is 5.82 Å². The normalized spacial score (nSPS) is 10.7. The van der Waals surface area contributed by atoms with E-state index in [1.54, 1.807) is 25.4 Å². The maximum absolute atomic E-state index is 13.6. The molecule has 6 heteroatoms. The Morgan fingerprint density at radius 2 is 2.31 bits per heavy atom.